The first-order valence-corrected chi connectivity index (χ1v) is 7.43. The number of rotatable bonds is 5. The largest absolute Gasteiger partial charge is 0.379 e. The first kappa shape index (κ1) is 12.2. The summed E-state index contributed by atoms with van der Waals surface area (Å²) in [6, 6.07) is 8.72. The van der Waals surface area contributed by atoms with Gasteiger partial charge in [0, 0.05) is 10.1 Å². The highest BCUT2D eigenvalue weighted by atomic mass is 32.1. The van der Waals surface area contributed by atoms with Crippen LogP contribution in [-0.4, -0.2) is 26.8 Å². The fourth-order valence-corrected chi connectivity index (χ4v) is 3.86. The van der Waals surface area contributed by atoms with Crippen molar-refractivity contribution in [2.45, 2.75) is 18.3 Å². The second kappa shape index (κ2) is 5.00. The number of nitrogens with one attached hydrogen (secondary N) is 1. The molecule has 18 heavy (non-hydrogen) atoms. The van der Waals surface area contributed by atoms with Gasteiger partial charge in [0.2, 0.25) is 0 Å². The highest BCUT2D eigenvalue weighted by Gasteiger charge is 2.41. The van der Waals surface area contributed by atoms with Gasteiger partial charge >= 0.3 is 0 Å². The van der Waals surface area contributed by atoms with Crippen molar-refractivity contribution in [2.24, 2.45) is 0 Å². The van der Waals surface area contributed by atoms with Crippen LogP contribution in [0.4, 0.5) is 0 Å². The second-order valence-corrected chi connectivity index (χ2v) is 6.04. The van der Waals surface area contributed by atoms with Gasteiger partial charge in [-0.25, -0.2) is 0 Å². The maximum Gasteiger partial charge on any atom is 0.0586 e. The van der Waals surface area contributed by atoms with E-state index in [9.17, 15) is 0 Å². The molecule has 0 saturated carbocycles. The molecule has 1 saturated heterocycles. The highest BCUT2D eigenvalue weighted by Crippen LogP contribution is 2.42. The molecule has 3 rings (SSSR count). The Bertz CT molecular complexity index is 530. The van der Waals surface area contributed by atoms with E-state index in [1.54, 1.807) is 0 Å². The van der Waals surface area contributed by atoms with Gasteiger partial charge < -0.3 is 10.1 Å². The molecule has 0 amide bonds. The minimum absolute atomic E-state index is 0.274. The Hall–Kier alpha value is -0.900. The minimum atomic E-state index is 0.274. The lowest BCUT2D eigenvalue weighted by atomic mass is 9.75. The third-order valence-corrected chi connectivity index (χ3v) is 4.85. The molecule has 0 radical (unpaired) electrons. The van der Waals surface area contributed by atoms with Gasteiger partial charge in [0.25, 0.3) is 0 Å². The zero-order valence-corrected chi connectivity index (χ0v) is 11.6. The Labute approximate surface area is 112 Å². The molecule has 1 N–H and O–H groups in total. The number of fused-ring (bicyclic) bond motifs is 1. The molecule has 2 aromatic rings. The van der Waals surface area contributed by atoms with Crippen LogP contribution in [0.5, 0.6) is 0 Å². The van der Waals surface area contributed by atoms with E-state index in [1.807, 2.05) is 18.4 Å². The molecule has 1 aliphatic rings. The van der Waals surface area contributed by atoms with Crippen LogP contribution >= 0.6 is 11.3 Å². The molecule has 0 unspecified atom stereocenters. The summed E-state index contributed by atoms with van der Waals surface area (Å²) in [6.07, 6.45) is 2.43. The first-order chi connectivity index (χ1) is 8.86. The molecule has 1 aromatic carbocycles. The van der Waals surface area contributed by atoms with Crippen molar-refractivity contribution in [1.82, 2.24) is 5.32 Å². The molecule has 2 heterocycles. The van der Waals surface area contributed by atoms with Crippen molar-refractivity contribution in [3.63, 3.8) is 0 Å². The van der Waals surface area contributed by atoms with E-state index in [4.69, 9.17) is 4.74 Å². The van der Waals surface area contributed by atoms with Crippen molar-refractivity contribution < 1.29 is 4.74 Å². The van der Waals surface area contributed by atoms with Crippen molar-refractivity contribution in [3.05, 3.63) is 35.2 Å². The molecule has 0 atom stereocenters. The van der Waals surface area contributed by atoms with Crippen molar-refractivity contribution in [3.8, 4) is 0 Å². The third-order valence-electron chi connectivity index (χ3n) is 3.89. The van der Waals surface area contributed by atoms with E-state index in [-0.39, 0.29) is 5.41 Å². The van der Waals surface area contributed by atoms with Gasteiger partial charge in [-0.2, -0.15) is 0 Å². The minimum Gasteiger partial charge on any atom is -0.379 e. The van der Waals surface area contributed by atoms with Crippen LogP contribution in [0.15, 0.2) is 29.6 Å². The van der Waals surface area contributed by atoms with Gasteiger partial charge in [-0.05, 0) is 48.8 Å². The standard InChI is InChI=1S/C15H19NOS/c1-16-8-4-7-15(10-17-11-15)13-9-18-14-6-3-2-5-12(13)14/h2-3,5-6,9,16H,4,7-8,10-11H2,1H3. The number of ether oxygens (including phenoxy) is 1. The summed E-state index contributed by atoms with van der Waals surface area (Å²) in [5, 5.41) is 7.00. The van der Waals surface area contributed by atoms with Gasteiger partial charge in [-0.1, -0.05) is 18.2 Å². The SMILES string of the molecule is CNCCCC1(c2csc3ccccc23)COC1. The summed E-state index contributed by atoms with van der Waals surface area (Å²) in [5.74, 6) is 0. The Morgan fingerprint density at radius 3 is 2.89 bits per heavy atom. The van der Waals surface area contributed by atoms with Crippen LogP contribution < -0.4 is 5.32 Å². The van der Waals surface area contributed by atoms with E-state index in [0.29, 0.717) is 0 Å². The molecule has 0 spiro atoms. The second-order valence-electron chi connectivity index (χ2n) is 5.13. The summed E-state index contributed by atoms with van der Waals surface area (Å²) in [5.41, 5.74) is 1.78. The molecule has 96 valence electrons. The maximum atomic E-state index is 5.53. The summed E-state index contributed by atoms with van der Waals surface area (Å²) < 4.78 is 6.92. The predicted octanol–water partition coefficient (Wildman–Crippen LogP) is 3.17. The molecule has 1 aromatic heterocycles. The quantitative estimate of drug-likeness (QED) is 0.835. The van der Waals surface area contributed by atoms with E-state index < -0.39 is 0 Å². The van der Waals surface area contributed by atoms with Gasteiger partial charge in [-0.3, -0.25) is 0 Å². The molecule has 0 aliphatic carbocycles. The normalized spacial score (nSPS) is 17.8. The average molecular weight is 261 g/mol. The lowest BCUT2D eigenvalue weighted by Crippen LogP contribution is -2.46. The van der Waals surface area contributed by atoms with Gasteiger partial charge in [0.1, 0.15) is 0 Å². The predicted molar refractivity (Wildman–Crippen MR) is 77.5 cm³/mol. The zero-order valence-electron chi connectivity index (χ0n) is 10.7. The maximum absolute atomic E-state index is 5.53. The smallest absolute Gasteiger partial charge is 0.0586 e. The van der Waals surface area contributed by atoms with Crippen molar-refractivity contribution in [2.75, 3.05) is 26.8 Å². The van der Waals surface area contributed by atoms with E-state index >= 15 is 0 Å². The van der Waals surface area contributed by atoms with Gasteiger partial charge in [0.05, 0.1) is 13.2 Å². The van der Waals surface area contributed by atoms with E-state index in [0.717, 1.165) is 19.8 Å². The lowest BCUT2D eigenvalue weighted by Gasteiger charge is -2.42. The van der Waals surface area contributed by atoms with Crippen molar-refractivity contribution >= 4 is 21.4 Å². The summed E-state index contributed by atoms with van der Waals surface area (Å²) in [6.45, 7) is 2.86. The summed E-state index contributed by atoms with van der Waals surface area (Å²) >= 11 is 1.86. The monoisotopic (exact) mass is 261 g/mol. The number of benzene rings is 1. The van der Waals surface area contributed by atoms with Crippen molar-refractivity contribution in [1.29, 1.82) is 0 Å². The van der Waals surface area contributed by atoms with Gasteiger partial charge in [0.15, 0.2) is 0 Å². The molecule has 3 heteroatoms. The molecule has 2 nitrogen and oxygen atoms in total. The fraction of sp³-hybridized carbons (Fsp3) is 0.467. The van der Waals surface area contributed by atoms with E-state index in [2.05, 4.69) is 35.0 Å². The summed E-state index contributed by atoms with van der Waals surface area (Å²) in [7, 11) is 2.02. The molecule has 1 aliphatic heterocycles. The molecular weight excluding hydrogens is 242 g/mol. The van der Waals surface area contributed by atoms with Crippen LogP contribution in [0, 0.1) is 0 Å². The molecule has 1 fully saturated rings. The molecular formula is C15H19NOS. The Morgan fingerprint density at radius 2 is 2.17 bits per heavy atom. The Balaban J connectivity index is 1.91. The van der Waals surface area contributed by atoms with Crippen LogP contribution in [0.25, 0.3) is 10.1 Å². The van der Waals surface area contributed by atoms with E-state index in [1.165, 1.54) is 28.5 Å². The third kappa shape index (κ3) is 1.96. The number of hydrogen-bond donors (Lipinski definition) is 1. The highest BCUT2D eigenvalue weighted by molar-refractivity contribution is 7.17. The average Bonchev–Trinajstić information content (AvgIpc) is 2.77. The Kier molecular flexibility index (Phi) is 3.37. The summed E-state index contributed by atoms with van der Waals surface area (Å²) in [4.78, 5) is 0. The van der Waals surface area contributed by atoms with Crippen LogP contribution in [0.1, 0.15) is 18.4 Å². The Morgan fingerprint density at radius 1 is 1.33 bits per heavy atom. The topological polar surface area (TPSA) is 21.3 Å². The lowest BCUT2D eigenvalue weighted by molar-refractivity contribution is -0.0641. The van der Waals surface area contributed by atoms with Crippen LogP contribution in [0.2, 0.25) is 0 Å². The fourth-order valence-electron chi connectivity index (χ4n) is 2.78. The van der Waals surface area contributed by atoms with Crippen LogP contribution in [0.3, 0.4) is 0 Å². The molecule has 0 bridgehead atoms. The first-order valence-electron chi connectivity index (χ1n) is 6.55. The number of hydrogen-bond acceptors (Lipinski definition) is 3. The zero-order chi connectivity index (χ0) is 12.4. The number of thiophene rings is 1. The van der Waals surface area contributed by atoms with Gasteiger partial charge in [-0.15, -0.1) is 11.3 Å². The van der Waals surface area contributed by atoms with Crippen LogP contribution in [-0.2, 0) is 10.2 Å².